The number of rotatable bonds is 5. The molecule has 6 heteroatoms. The minimum atomic E-state index is -1.20. The van der Waals surface area contributed by atoms with E-state index in [1.807, 2.05) is 12.1 Å². The van der Waals surface area contributed by atoms with Crippen LogP contribution in [0.15, 0.2) is 36.0 Å². The second-order valence-electron chi connectivity index (χ2n) is 4.98. The van der Waals surface area contributed by atoms with E-state index in [1.165, 1.54) is 4.90 Å². The van der Waals surface area contributed by atoms with Crippen molar-refractivity contribution in [3.8, 4) is 5.75 Å². The molecule has 4 nitrogen and oxygen atoms in total. The first-order valence-corrected chi connectivity index (χ1v) is 7.86. The van der Waals surface area contributed by atoms with E-state index in [2.05, 4.69) is 0 Å². The monoisotopic (exact) mass is 341 g/mol. The van der Waals surface area contributed by atoms with Crippen LogP contribution in [-0.2, 0) is 16.1 Å². The first-order chi connectivity index (χ1) is 10.5. The van der Waals surface area contributed by atoms with Gasteiger partial charge >= 0.3 is 0 Å². The Morgan fingerprint density at radius 3 is 2.55 bits per heavy atom. The quantitative estimate of drug-likeness (QED) is 0.770. The Bertz CT molecular complexity index is 582. The topological polar surface area (TPSA) is 46.6 Å². The highest BCUT2D eigenvalue weighted by atomic mass is 35.5. The number of benzene rings is 1. The summed E-state index contributed by atoms with van der Waals surface area (Å²) in [5.41, 5.74) is 1.25. The molecule has 0 saturated heterocycles. The number of alkyl halides is 2. The van der Waals surface area contributed by atoms with Gasteiger partial charge in [-0.1, -0.05) is 41.4 Å². The van der Waals surface area contributed by atoms with Crippen LogP contribution in [0.25, 0.3) is 0 Å². The summed E-state index contributed by atoms with van der Waals surface area (Å²) in [5.74, 6) is 0.185. The van der Waals surface area contributed by atoms with Crippen molar-refractivity contribution >= 4 is 34.9 Å². The third kappa shape index (κ3) is 4.02. The molecule has 1 aliphatic carbocycles. The normalized spacial score (nSPS) is 14.7. The molecule has 0 saturated carbocycles. The van der Waals surface area contributed by atoms with Gasteiger partial charge in [0.15, 0.2) is 10.6 Å². The Hall–Kier alpha value is -1.52. The summed E-state index contributed by atoms with van der Waals surface area (Å²) in [6, 6.07) is 7.27. The number of hydrogen-bond donors (Lipinski definition) is 0. The van der Waals surface area contributed by atoms with Crippen LogP contribution in [0, 0.1) is 0 Å². The molecule has 0 spiro atoms. The summed E-state index contributed by atoms with van der Waals surface area (Å²) in [5, 5.41) is 0. The largest absolute Gasteiger partial charge is 0.497 e. The van der Waals surface area contributed by atoms with Gasteiger partial charge in [-0.2, -0.15) is 0 Å². The Labute approximate surface area is 139 Å². The minimum Gasteiger partial charge on any atom is -0.497 e. The number of carbonyl (C=O) groups is 2. The molecule has 0 aliphatic heterocycles. The molecule has 0 unspecified atom stereocenters. The smallest absolute Gasteiger partial charge is 0.260 e. The van der Waals surface area contributed by atoms with Gasteiger partial charge in [-0.25, -0.2) is 0 Å². The lowest BCUT2D eigenvalue weighted by Crippen LogP contribution is -2.37. The second-order valence-corrected chi connectivity index (χ2v) is 6.07. The second kappa shape index (κ2) is 7.65. The van der Waals surface area contributed by atoms with Crippen molar-refractivity contribution in [1.82, 2.24) is 4.90 Å². The third-order valence-corrected chi connectivity index (χ3v) is 3.85. The van der Waals surface area contributed by atoms with Crippen molar-refractivity contribution in [2.75, 3.05) is 7.11 Å². The van der Waals surface area contributed by atoms with Crippen LogP contribution in [0.5, 0.6) is 5.75 Å². The van der Waals surface area contributed by atoms with Gasteiger partial charge in [0.1, 0.15) is 5.75 Å². The van der Waals surface area contributed by atoms with Crippen molar-refractivity contribution < 1.29 is 14.3 Å². The average molecular weight is 342 g/mol. The van der Waals surface area contributed by atoms with Crippen molar-refractivity contribution in [3.05, 3.63) is 41.6 Å². The molecule has 0 radical (unpaired) electrons. The number of nitrogens with zero attached hydrogens (tertiary/aromatic N) is 1. The van der Waals surface area contributed by atoms with Crippen LogP contribution >= 0.6 is 23.2 Å². The number of methoxy groups -OCH3 is 1. The standard InChI is InChI=1S/C16H17Cl2NO3/c1-22-12-8-6-11(7-9-12)10-19(16(21)15(17)18)13-4-2-3-5-14(13)20/h4,6-9,15H,2-3,5,10H2,1H3. The number of ether oxygens (including phenoxy) is 1. The molecule has 0 atom stereocenters. The predicted molar refractivity (Wildman–Crippen MR) is 86.0 cm³/mol. The Balaban J connectivity index is 2.26. The fourth-order valence-electron chi connectivity index (χ4n) is 2.32. The molecule has 1 amide bonds. The van der Waals surface area contributed by atoms with Crippen LogP contribution < -0.4 is 4.74 Å². The maximum atomic E-state index is 12.3. The highest BCUT2D eigenvalue weighted by Crippen LogP contribution is 2.23. The van der Waals surface area contributed by atoms with Crippen LogP contribution in [0.2, 0.25) is 0 Å². The lowest BCUT2D eigenvalue weighted by Gasteiger charge is -2.27. The maximum absolute atomic E-state index is 12.3. The summed E-state index contributed by atoms with van der Waals surface area (Å²) < 4.78 is 5.10. The number of amides is 1. The van der Waals surface area contributed by atoms with Gasteiger partial charge in [0.25, 0.3) is 5.91 Å². The summed E-state index contributed by atoms with van der Waals surface area (Å²) in [6.45, 7) is 0.246. The van der Waals surface area contributed by atoms with Gasteiger partial charge in [0.05, 0.1) is 19.4 Å². The molecular weight excluding hydrogens is 325 g/mol. The van der Waals surface area contributed by atoms with Crippen LogP contribution in [-0.4, -0.2) is 28.5 Å². The lowest BCUT2D eigenvalue weighted by atomic mass is 10.0. The van der Waals surface area contributed by atoms with Gasteiger partial charge in [0.2, 0.25) is 0 Å². The summed E-state index contributed by atoms with van der Waals surface area (Å²) in [7, 11) is 1.59. The van der Waals surface area contributed by atoms with E-state index in [9.17, 15) is 9.59 Å². The Kier molecular flexibility index (Phi) is 5.86. The summed E-state index contributed by atoms with van der Waals surface area (Å²) in [6.07, 6.45) is 3.79. The molecule has 0 heterocycles. The fraction of sp³-hybridized carbons (Fsp3) is 0.375. The molecule has 1 aromatic carbocycles. The first kappa shape index (κ1) is 16.8. The fourth-order valence-corrected chi connectivity index (χ4v) is 2.55. The van der Waals surface area contributed by atoms with Crippen molar-refractivity contribution in [1.29, 1.82) is 0 Å². The van der Waals surface area contributed by atoms with Gasteiger partial charge in [0, 0.05) is 6.42 Å². The number of ketones is 1. The number of carbonyl (C=O) groups excluding carboxylic acids is 2. The molecular formula is C16H17Cl2NO3. The van der Waals surface area contributed by atoms with Crippen LogP contribution in [0.3, 0.4) is 0 Å². The Morgan fingerprint density at radius 1 is 1.32 bits per heavy atom. The van der Waals surface area contributed by atoms with Crippen LogP contribution in [0.4, 0.5) is 0 Å². The number of halogens is 2. The summed E-state index contributed by atoms with van der Waals surface area (Å²) >= 11 is 11.4. The molecule has 118 valence electrons. The van der Waals surface area contributed by atoms with E-state index in [-0.39, 0.29) is 12.3 Å². The zero-order chi connectivity index (χ0) is 16.1. The molecule has 22 heavy (non-hydrogen) atoms. The van der Waals surface area contributed by atoms with E-state index in [0.29, 0.717) is 12.1 Å². The number of allylic oxidation sites excluding steroid dienone is 2. The summed E-state index contributed by atoms with van der Waals surface area (Å²) in [4.78, 5) is 24.5. The molecule has 0 fully saturated rings. The van der Waals surface area contributed by atoms with Crippen molar-refractivity contribution in [2.24, 2.45) is 0 Å². The van der Waals surface area contributed by atoms with E-state index < -0.39 is 10.7 Å². The highest BCUT2D eigenvalue weighted by Gasteiger charge is 2.28. The van der Waals surface area contributed by atoms with Crippen LogP contribution in [0.1, 0.15) is 24.8 Å². The van der Waals surface area contributed by atoms with Crippen molar-refractivity contribution in [3.63, 3.8) is 0 Å². The highest BCUT2D eigenvalue weighted by molar-refractivity contribution is 6.53. The lowest BCUT2D eigenvalue weighted by molar-refractivity contribution is -0.131. The molecule has 2 rings (SSSR count). The Morgan fingerprint density at radius 2 is 2.00 bits per heavy atom. The van der Waals surface area contributed by atoms with Gasteiger partial charge in [-0.15, -0.1) is 0 Å². The molecule has 0 N–H and O–H groups in total. The van der Waals surface area contributed by atoms with E-state index >= 15 is 0 Å². The zero-order valence-corrected chi connectivity index (χ0v) is 13.7. The average Bonchev–Trinajstić information content (AvgIpc) is 2.53. The van der Waals surface area contributed by atoms with E-state index in [4.69, 9.17) is 27.9 Å². The van der Waals surface area contributed by atoms with Gasteiger partial charge < -0.3 is 9.64 Å². The zero-order valence-electron chi connectivity index (χ0n) is 12.2. The predicted octanol–water partition coefficient (Wildman–Crippen LogP) is 3.46. The molecule has 1 aliphatic rings. The first-order valence-electron chi connectivity index (χ1n) is 6.98. The SMILES string of the molecule is COc1ccc(CN(C(=O)C(Cl)Cl)C2=CCCCC2=O)cc1. The molecule has 0 aromatic heterocycles. The molecule has 0 bridgehead atoms. The molecule has 1 aromatic rings. The van der Waals surface area contributed by atoms with Crippen molar-refractivity contribution in [2.45, 2.75) is 30.6 Å². The number of Topliss-reactive ketones (excluding diaryl/α,β-unsaturated/α-hetero) is 1. The van der Waals surface area contributed by atoms with Gasteiger partial charge in [-0.05, 0) is 30.5 Å². The number of hydrogen-bond acceptors (Lipinski definition) is 3. The van der Waals surface area contributed by atoms with E-state index in [0.717, 1.165) is 24.2 Å². The minimum absolute atomic E-state index is 0.0536. The maximum Gasteiger partial charge on any atom is 0.260 e. The van der Waals surface area contributed by atoms with Gasteiger partial charge in [-0.3, -0.25) is 9.59 Å². The van der Waals surface area contributed by atoms with E-state index in [1.54, 1.807) is 25.3 Å². The third-order valence-electron chi connectivity index (χ3n) is 3.47.